The molecule has 0 aliphatic carbocycles. The first-order chi connectivity index (χ1) is 6.29. The van der Waals surface area contributed by atoms with Gasteiger partial charge in [0.15, 0.2) is 0 Å². The largest absolute Gasteiger partial charge is 0.126 e. The Kier molecular flexibility index (Phi) is 4.89. The highest BCUT2D eigenvalue weighted by Gasteiger charge is 2.03. The molecule has 0 spiro atoms. The molecule has 0 fully saturated rings. The van der Waals surface area contributed by atoms with Gasteiger partial charge in [-0.25, -0.2) is 0 Å². The van der Waals surface area contributed by atoms with Crippen molar-refractivity contribution in [1.82, 2.24) is 0 Å². The van der Waals surface area contributed by atoms with Gasteiger partial charge in [0.1, 0.15) is 0 Å². The van der Waals surface area contributed by atoms with Crippen LogP contribution in [0.4, 0.5) is 0 Å². The van der Waals surface area contributed by atoms with Crippen LogP contribution in [-0.2, 0) is 6.42 Å². The average Bonchev–Trinajstić information content (AvgIpc) is 2.15. The summed E-state index contributed by atoms with van der Waals surface area (Å²) in [6.07, 6.45) is 2.34. The van der Waals surface area contributed by atoms with E-state index in [1.165, 1.54) is 27.1 Å². The van der Waals surface area contributed by atoms with E-state index in [0.717, 1.165) is 6.42 Å². The van der Waals surface area contributed by atoms with E-state index in [0.29, 0.717) is 0 Å². The number of hydrogen-bond acceptors (Lipinski definition) is 1. The van der Waals surface area contributed by atoms with Crippen LogP contribution in [-0.4, -0.2) is 5.75 Å². The molecule has 13 heavy (non-hydrogen) atoms. The van der Waals surface area contributed by atoms with Crippen LogP contribution >= 0.6 is 27.7 Å². The summed E-state index contributed by atoms with van der Waals surface area (Å²) in [4.78, 5) is 1.43. The molecule has 0 saturated carbocycles. The SMILES string of the molecule is CCCSc1cccc(Br)c1CC. The molecule has 0 heterocycles. The van der Waals surface area contributed by atoms with Crippen molar-refractivity contribution >= 4 is 27.7 Å². The summed E-state index contributed by atoms with van der Waals surface area (Å²) in [5.41, 5.74) is 1.45. The highest BCUT2D eigenvalue weighted by atomic mass is 79.9. The zero-order chi connectivity index (χ0) is 9.68. The molecular formula is C11H15BrS. The van der Waals surface area contributed by atoms with Crippen molar-refractivity contribution in [2.24, 2.45) is 0 Å². The van der Waals surface area contributed by atoms with Crippen molar-refractivity contribution in [2.45, 2.75) is 31.6 Å². The molecule has 0 saturated heterocycles. The number of hydrogen-bond donors (Lipinski definition) is 0. The lowest BCUT2D eigenvalue weighted by Crippen LogP contribution is -1.87. The van der Waals surface area contributed by atoms with Gasteiger partial charge in [0.2, 0.25) is 0 Å². The lowest BCUT2D eigenvalue weighted by atomic mass is 10.2. The predicted molar refractivity (Wildman–Crippen MR) is 64.5 cm³/mol. The lowest BCUT2D eigenvalue weighted by molar-refractivity contribution is 1.06. The zero-order valence-electron chi connectivity index (χ0n) is 8.14. The minimum atomic E-state index is 1.10. The van der Waals surface area contributed by atoms with E-state index >= 15 is 0 Å². The molecule has 1 aromatic rings. The Hall–Kier alpha value is 0.0500. The standard InChI is InChI=1S/C11H15BrS/c1-3-8-13-11-7-5-6-10(12)9(11)4-2/h5-7H,3-4,8H2,1-2H3. The molecule has 0 aliphatic rings. The van der Waals surface area contributed by atoms with Crippen LogP contribution < -0.4 is 0 Å². The maximum Gasteiger partial charge on any atom is 0.0218 e. The molecule has 72 valence electrons. The molecule has 2 heteroatoms. The molecule has 1 rings (SSSR count). The first-order valence-corrected chi connectivity index (χ1v) is 6.47. The topological polar surface area (TPSA) is 0 Å². The van der Waals surface area contributed by atoms with Crippen LogP contribution in [0.15, 0.2) is 27.6 Å². The van der Waals surface area contributed by atoms with Gasteiger partial charge >= 0.3 is 0 Å². The molecule has 0 unspecified atom stereocenters. The number of halogens is 1. The van der Waals surface area contributed by atoms with E-state index in [2.05, 4.69) is 48.0 Å². The second kappa shape index (κ2) is 5.71. The number of rotatable bonds is 4. The quantitative estimate of drug-likeness (QED) is 0.717. The number of thioether (sulfide) groups is 1. The van der Waals surface area contributed by atoms with Crippen molar-refractivity contribution in [1.29, 1.82) is 0 Å². The third kappa shape index (κ3) is 3.03. The Labute approximate surface area is 93.2 Å². The van der Waals surface area contributed by atoms with Crippen LogP contribution in [0, 0.1) is 0 Å². The molecule has 0 amide bonds. The molecule has 1 aromatic carbocycles. The maximum absolute atomic E-state index is 3.59. The Morgan fingerprint density at radius 2 is 2.08 bits per heavy atom. The van der Waals surface area contributed by atoms with Gasteiger partial charge in [0.25, 0.3) is 0 Å². The lowest BCUT2D eigenvalue weighted by Gasteiger charge is -2.08. The fourth-order valence-corrected chi connectivity index (χ4v) is 3.03. The first kappa shape index (κ1) is 11.1. The number of benzene rings is 1. The van der Waals surface area contributed by atoms with Crippen LogP contribution in [0.5, 0.6) is 0 Å². The first-order valence-electron chi connectivity index (χ1n) is 4.69. The van der Waals surface area contributed by atoms with E-state index in [9.17, 15) is 0 Å². The summed E-state index contributed by atoms with van der Waals surface area (Å²) in [7, 11) is 0. The third-order valence-corrected chi connectivity index (χ3v) is 3.94. The van der Waals surface area contributed by atoms with Crippen molar-refractivity contribution in [3.8, 4) is 0 Å². The van der Waals surface area contributed by atoms with Crippen molar-refractivity contribution in [2.75, 3.05) is 5.75 Å². The van der Waals surface area contributed by atoms with Gasteiger partial charge in [0, 0.05) is 9.37 Å². The van der Waals surface area contributed by atoms with E-state index < -0.39 is 0 Å². The molecule has 0 aliphatic heterocycles. The van der Waals surface area contributed by atoms with Gasteiger partial charge < -0.3 is 0 Å². The summed E-state index contributed by atoms with van der Waals surface area (Å²) in [6.45, 7) is 4.42. The second-order valence-electron chi connectivity index (χ2n) is 2.92. The van der Waals surface area contributed by atoms with Gasteiger partial charge in [-0.15, -0.1) is 11.8 Å². The Bertz CT molecular complexity index is 271. The van der Waals surface area contributed by atoms with E-state index in [1.54, 1.807) is 0 Å². The molecular weight excluding hydrogens is 244 g/mol. The van der Waals surface area contributed by atoms with Crippen LogP contribution in [0.2, 0.25) is 0 Å². The Morgan fingerprint density at radius 3 is 2.69 bits per heavy atom. The summed E-state index contributed by atoms with van der Waals surface area (Å²) < 4.78 is 1.25. The third-order valence-electron chi connectivity index (χ3n) is 1.89. The van der Waals surface area contributed by atoms with Gasteiger partial charge in [-0.05, 0) is 36.3 Å². The fraction of sp³-hybridized carbons (Fsp3) is 0.455. The van der Waals surface area contributed by atoms with Crippen molar-refractivity contribution in [3.05, 3.63) is 28.2 Å². The molecule has 0 nitrogen and oxygen atoms in total. The molecule has 0 bridgehead atoms. The maximum atomic E-state index is 3.59. The van der Waals surface area contributed by atoms with Gasteiger partial charge in [-0.1, -0.05) is 35.8 Å². The normalized spacial score (nSPS) is 10.4. The summed E-state index contributed by atoms with van der Waals surface area (Å²) in [5, 5.41) is 0. The van der Waals surface area contributed by atoms with Gasteiger partial charge in [-0.3, -0.25) is 0 Å². The highest BCUT2D eigenvalue weighted by molar-refractivity contribution is 9.10. The molecule has 0 radical (unpaired) electrons. The van der Waals surface area contributed by atoms with Crippen molar-refractivity contribution < 1.29 is 0 Å². The van der Waals surface area contributed by atoms with Crippen LogP contribution in [0.1, 0.15) is 25.8 Å². The summed E-state index contributed by atoms with van der Waals surface area (Å²) in [6, 6.07) is 6.44. The summed E-state index contributed by atoms with van der Waals surface area (Å²) in [5.74, 6) is 1.21. The average molecular weight is 259 g/mol. The molecule has 0 atom stereocenters. The minimum Gasteiger partial charge on any atom is -0.126 e. The molecule has 0 aromatic heterocycles. The van der Waals surface area contributed by atoms with Gasteiger partial charge in [-0.2, -0.15) is 0 Å². The fourth-order valence-electron chi connectivity index (χ4n) is 1.23. The van der Waals surface area contributed by atoms with E-state index in [1.807, 2.05) is 11.8 Å². The van der Waals surface area contributed by atoms with Gasteiger partial charge in [0.05, 0.1) is 0 Å². The minimum absolute atomic E-state index is 1.10. The smallest absolute Gasteiger partial charge is 0.0218 e. The van der Waals surface area contributed by atoms with Crippen LogP contribution in [0.25, 0.3) is 0 Å². The second-order valence-corrected chi connectivity index (χ2v) is 4.91. The van der Waals surface area contributed by atoms with Crippen molar-refractivity contribution in [3.63, 3.8) is 0 Å². The predicted octanol–water partition coefficient (Wildman–Crippen LogP) is 4.51. The highest BCUT2D eigenvalue weighted by Crippen LogP contribution is 2.29. The summed E-state index contributed by atoms with van der Waals surface area (Å²) >= 11 is 5.54. The monoisotopic (exact) mass is 258 g/mol. The molecule has 0 N–H and O–H groups in total. The Balaban J connectivity index is 2.85. The zero-order valence-corrected chi connectivity index (χ0v) is 10.5. The Morgan fingerprint density at radius 1 is 1.31 bits per heavy atom. The van der Waals surface area contributed by atoms with E-state index in [4.69, 9.17) is 0 Å². The van der Waals surface area contributed by atoms with Crippen LogP contribution in [0.3, 0.4) is 0 Å². The van der Waals surface area contributed by atoms with E-state index in [-0.39, 0.29) is 0 Å².